The van der Waals surface area contributed by atoms with Crippen molar-refractivity contribution in [3.8, 4) is 0 Å². The lowest BCUT2D eigenvalue weighted by Crippen LogP contribution is -2.27. The van der Waals surface area contributed by atoms with Crippen molar-refractivity contribution in [2.75, 3.05) is 6.61 Å². The van der Waals surface area contributed by atoms with Gasteiger partial charge in [-0.3, -0.25) is 4.79 Å². The number of hydrogen-bond acceptors (Lipinski definition) is 3. The van der Waals surface area contributed by atoms with Gasteiger partial charge in [0.15, 0.2) is 0 Å². The van der Waals surface area contributed by atoms with Gasteiger partial charge in [0, 0.05) is 0 Å². The highest BCUT2D eigenvalue weighted by Crippen LogP contribution is 2.14. The van der Waals surface area contributed by atoms with E-state index in [-0.39, 0.29) is 5.97 Å². The SMILES string of the molecule is CCCCCCOC(=O)C(C)(C)S. The first-order valence-corrected chi connectivity index (χ1v) is 5.32. The molecule has 0 atom stereocenters. The minimum Gasteiger partial charge on any atom is -0.465 e. The minimum absolute atomic E-state index is 0.229. The second kappa shape index (κ2) is 6.30. The molecule has 0 aliphatic heterocycles. The summed E-state index contributed by atoms with van der Waals surface area (Å²) in [5.74, 6) is -0.229. The van der Waals surface area contributed by atoms with Gasteiger partial charge in [-0.25, -0.2) is 0 Å². The molecule has 0 aromatic carbocycles. The molecule has 0 saturated carbocycles. The topological polar surface area (TPSA) is 26.3 Å². The van der Waals surface area contributed by atoms with Gasteiger partial charge in [-0.1, -0.05) is 26.2 Å². The molecule has 3 heteroatoms. The van der Waals surface area contributed by atoms with E-state index < -0.39 is 4.75 Å². The number of carbonyl (C=O) groups excluding carboxylic acids is 1. The highest BCUT2D eigenvalue weighted by atomic mass is 32.1. The molecule has 0 aliphatic rings. The molecular formula is C10H20O2S. The Labute approximate surface area is 86.5 Å². The van der Waals surface area contributed by atoms with Crippen LogP contribution >= 0.6 is 12.6 Å². The van der Waals surface area contributed by atoms with E-state index in [1.807, 2.05) is 0 Å². The number of carbonyl (C=O) groups is 1. The van der Waals surface area contributed by atoms with Crippen LogP contribution in [-0.2, 0) is 9.53 Å². The average Bonchev–Trinajstić information content (AvgIpc) is 2.02. The maximum Gasteiger partial charge on any atom is 0.321 e. The fraction of sp³-hybridized carbons (Fsp3) is 0.900. The first kappa shape index (κ1) is 12.8. The lowest BCUT2D eigenvalue weighted by molar-refractivity contribution is -0.145. The van der Waals surface area contributed by atoms with E-state index in [4.69, 9.17) is 4.74 Å². The van der Waals surface area contributed by atoms with E-state index in [1.165, 1.54) is 12.8 Å². The van der Waals surface area contributed by atoms with E-state index in [2.05, 4.69) is 19.6 Å². The highest BCUT2D eigenvalue weighted by Gasteiger charge is 2.23. The third-order valence-corrected chi connectivity index (χ3v) is 1.91. The zero-order valence-electron chi connectivity index (χ0n) is 8.80. The Morgan fingerprint density at radius 3 is 2.38 bits per heavy atom. The molecule has 0 heterocycles. The smallest absolute Gasteiger partial charge is 0.321 e. The maximum absolute atomic E-state index is 11.2. The van der Waals surface area contributed by atoms with Crippen molar-refractivity contribution in [1.82, 2.24) is 0 Å². The summed E-state index contributed by atoms with van der Waals surface area (Å²) in [7, 11) is 0. The maximum atomic E-state index is 11.2. The van der Waals surface area contributed by atoms with Crippen LogP contribution in [0.3, 0.4) is 0 Å². The Morgan fingerprint density at radius 1 is 1.31 bits per heavy atom. The Hall–Kier alpha value is -0.180. The summed E-state index contributed by atoms with van der Waals surface area (Å²) in [6.07, 6.45) is 4.51. The zero-order valence-corrected chi connectivity index (χ0v) is 9.69. The lowest BCUT2D eigenvalue weighted by atomic mass is 10.2. The standard InChI is InChI=1S/C10H20O2S/c1-4-5-6-7-8-12-9(11)10(2,3)13/h13H,4-8H2,1-3H3. The summed E-state index contributed by atoms with van der Waals surface area (Å²) in [4.78, 5) is 11.2. The van der Waals surface area contributed by atoms with Crippen LogP contribution in [-0.4, -0.2) is 17.3 Å². The van der Waals surface area contributed by atoms with Crippen LogP contribution in [0.5, 0.6) is 0 Å². The Bertz CT molecular complexity index is 149. The number of esters is 1. The molecular weight excluding hydrogens is 184 g/mol. The molecule has 0 bridgehead atoms. The lowest BCUT2D eigenvalue weighted by Gasteiger charge is -2.15. The molecule has 13 heavy (non-hydrogen) atoms. The van der Waals surface area contributed by atoms with Crippen LogP contribution in [0.4, 0.5) is 0 Å². The number of thiol groups is 1. The second-order valence-electron chi connectivity index (χ2n) is 3.76. The van der Waals surface area contributed by atoms with Crippen molar-refractivity contribution in [3.63, 3.8) is 0 Å². The van der Waals surface area contributed by atoms with Gasteiger partial charge < -0.3 is 4.74 Å². The summed E-state index contributed by atoms with van der Waals surface area (Å²) in [5.41, 5.74) is 0. The minimum atomic E-state index is -0.662. The van der Waals surface area contributed by atoms with Gasteiger partial charge in [0.05, 0.1) is 6.61 Å². The second-order valence-corrected chi connectivity index (χ2v) is 4.87. The predicted molar refractivity (Wildman–Crippen MR) is 58.2 cm³/mol. The van der Waals surface area contributed by atoms with E-state index in [0.717, 1.165) is 12.8 Å². The van der Waals surface area contributed by atoms with E-state index in [9.17, 15) is 4.79 Å². The molecule has 0 aromatic rings. The van der Waals surface area contributed by atoms with Gasteiger partial charge in [0.25, 0.3) is 0 Å². The number of hydrogen-bond donors (Lipinski definition) is 1. The van der Waals surface area contributed by atoms with Crippen molar-refractivity contribution in [2.24, 2.45) is 0 Å². The molecule has 0 amide bonds. The van der Waals surface area contributed by atoms with Crippen LogP contribution in [0.15, 0.2) is 0 Å². The van der Waals surface area contributed by atoms with Gasteiger partial charge in [-0.05, 0) is 20.3 Å². The molecule has 0 N–H and O–H groups in total. The highest BCUT2D eigenvalue weighted by molar-refractivity contribution is 7.82. The number of unbranched alkanes of at least 4 members (excludes halogenated alkanes) is 3. The Morgan fingerprint density at radius 2 is 1.92 bits per heavy atom. The first-order valence-electron chi connectivity index (χ1n) is 4.88. The van der Waals surface area contributed by atoms with E-state index in [1.54, 1.807) is 13.8 Å². The zero-order chi connectivity index (χ0) is 10.3. The van der Waals surface area contributed by atoms with Crippen LogP contribution in [0, 0.1) is 0 Å². The quantitative estimate of drug-likeness (QED) is 0.409. The van der Waals surface area contributed by atoms with Crippen molar-refractivity contribution in [2.45, 2.75) is 51.2 Å². The van der Waals surface area contributed by atoms with Crippen LogP contribution < -0.4 is 0 Å². The van der Waals surface area contributed by atoms with Gasteiger partial charge in [-0.2, -0.15) is 12.6 Å². The molecule has 0 spiro atoms. The summed E-state index contributed by atoms with van der Waals surface area (Å²) in [5, 5.41) is 0. The van der Waals surface area contributed by atoms with Gasteiger partial charge >= 0.3 is 5.97 Å². The molecule has 2 nitrogen and oxygen atoms in total. The monoisotopic (exact) mass is 204 g/mol. The molecule has 0 fully saturated rings. The first-order chi connectivity index (χ1) is 5.98. The number of ether oxygens (including phenoxy) is 1. The summed E-state index contributed by atoms with van der Waals surface area (Å²) < 4.78 is 4.38. The van der Waals surface area contributed by atoms with Crippen molar-refractivity contribution in [1.29, 1.82) is 0 Å². The molecule has 0 aromatic heterocycles. The molecule has 78 valence electrons. The predicted octanol–water partition coefficient (Wildman–Crippen LogP) is 2.82. The fourth-order valence-corrected chi connectivity index (χ4v) is 0.935. The molecule has 0 unspecified atom stereocenters. The summed E-state index contributed by atoms with van der Waals surface area (Å²) >= 11 is 4.12. The average molecular weight is 204 g/mol. The summed E-state index contributed by atoms with van der Waals surface area (Å²) in [6, 6.07) is 0. The normalized spacial score (nSPS) is 11.4. The largest absolute Gasteiger partial charge is 0.465 e. The summed E-state index contributed by atoms with van der Waals surface area (Å²) in [6.45, 7) is 6.17. The van der Waals surface area contributed by atoms with E-state index >= 15 is 0 Å². The Balaban J connectivity index is 3.38. The van der Waals surface area contributed by atoms with Crippen LogP contribution in [0.1, 0.15) is 46.5 Å². The van der Waals surface area contributed by atoms with E-state index in [0.29, 0.717) is 6.61 Å². The van der Waals surface area contributed by atoms with Gasteiger partial charge in [-0.15, -0.1) is 0 Å². The molecule has 0 saturated heterocycles. The molecule has 0 radical (unpaired) electrons. The third-order valence-electron chi connectivity index (χ3n) is 1.73. The van der Waals surface area contributed by atoms with Gasteiger partial charge in [0.1, 0.15) is 4.75 Å². The fourth-order valence-electron chi connectivity index (χ4n) is 0.870. The van der Waals surface area contributed by atoms with Gasteiger partial charge in [0.2, 0.25) is 0 Å². The molecule has 0 aliphatic carbocycles. The third kappa shape index (κ3) is 6.94. The van der Waals surface area contributed by atoms with Crippen molar-refractivity contribution < 1.29 is 9.53 Å². The van der Waals surface area contributed by atoms with Crippen LogP contribution in [0.25, 0.3) is 0 Å². The molecule has 0 rings (SSSR count). The number of rotatable bonds is 6. The van der Waals surface area contributed by atoms with Crippen molar-refractivity contribution >= 4 is 18.6 Å². The van der Waals surface area contributed by atoms with Crippen LogP contribution in [0.2, 0.25) is 0 Å². The van der Waals surface area contributed by atoms with Crippen molar-refractivity contribution in [3.05, 3.63) is 0 Å². The Kier molecular flexibility index (Phi) is 6.21.